The van der Waals surface area contributed by atoms with E-state index in [1.807, 2.05) is 6.92 Å². The highest BCUT2D eigenvalue weighted by atomic mass is 19.3. The summed E-state index contributed by atoms with van der Waals surface area (Å²) in [7, 11) is 0. The first kappa shape index (κ1) is 58.4. The van der Waals surface area contributed by atoms with Crippen LogP contribution in [0.2, 0.25) is 0 Å². The molecule has 1 aromatic rings. The number of hydrogen-bond acceptors (Lipinski definition) is 25. The average molecular weight is 1030 g/mol. The van der Waals surface area contributed by atoms with Gasteiger partial charge in [-0.2, -0.15) is 0 Å². The van der Waals surface area contributed by atoms with E-state index in [4.69, 9.17) is 53.8 Å². The molecule has 28 heteroatoms. The van der Waals surface area contributed by atoms with Gasteiger partial charge >= 0.3 is 5.97 Å². The summed E-state index contributed by atoms with van der Waals surface area (Å²) in [5.41, 5.74) is -1.00. The van der Waals surface area contributed by atoms with Crippen LogP contribution in [-0.2, 0) is 52.2 Å². The van der Waals surface area contributed by atoms with E-state index in [2.05, 4.69) is 11.2 Å². The molecular formula is C43H63F2NO25. The second kappa shape index (κ2) is 27.2. The Bertz CT molecular complexity index is 1860. The molecule has 0 spiro atoms. The van der Waals surface area contributed by atoms with Crippen molar-refractivity contribution in [1.82, 2.24) is 0 Å². The third kappa shape index (κ3) is 14.2. The van der Waals surface area contributed by atoms with E-state index in [0.717, 1.165) is 24.6 Å². The first-order valence-electron chi connectivity index (χ1n) is 22.5. The number of hydrogen-bond donors (Lipinski definition) is 14. The van der Waals surface area contributed by atoms with Crippen molar-refractivity contribution in [3.05, 3.63) is 23.8 Å². The number of esters is 1. The van der Waals surface area contributed by atoms with E-state index in [1.165, 1.54) is 0 Å². The molecule has 71 heavy (non-hydrogen) atoms. The number of aliphatic hydroxyl groups excluding tert-OH is 13. The fraction of sp³-hybridized carbons (Fsp3) is 0.767. The van der Waals surface area contributed by atoms with Gasteiger partial charge in [0.2, 0.25) is 12.2 Å². The molecule has 404 valence electrons. The molecule has 4 fully saturated rings. The quantitative estimate of drug-likeness (QED) is 0.0276. The molecule has 5 rings (SSSR count). The number of ether oxygens (including phenoxy) is 10. The minimum atomic E-state index is -3.27. The van der Waals surface area contributed by atoms with Gasteiger partial charge < -0.3 is 119 Å². The molecule has 0 radical (unpaired) electrons. The first-order chi connectivity index (χ1) is 33.8. The van der Waals surface area contributed by atoms with E-state index in [-0.39, 0.29) is 25.3 Å². The fourth-order valence-electron chi connectivity index (χ4n) is 8.02. The van der Waals surface area contributed by atoms with Crippen LogP contribution in [0.15, 0.2) is 18.2 Å². The number of aliphatic hydroxyl groups is 13. The maximum absolute atomic E-state index is 14.4. The lowest BCUT2D eigenvalue weighted by molar-refractivity contribution is -0.387. The van der Waals surface area contributed by atoms with Crippen LogP contribution in [0.25, 0.3) is 0 Å². The number of halogens is 2. The zero-order chi connectivity index (χ0) is 52.3. The fourth-order valence-corrected chi connectivity index (χ4v) is 8.02. The average Bonchev–Trinajstić information content (AvgIpc) is 3.35. The second-order valence-electron chi connectivity index (χ2n) is 16.9. The molecule has 4 saturated heterocycles. The summed E-state index contributed by atoms with van der Waals surface area (Å²) in [6.07, 6.45) is -35.6. The molecule has 4 heterocycles. The molecule has 9 unspecified atom stereocenters. The van der Waals surface area contributed by atoms with Crippen LogP contribution in [0.3, 0.4) is 0 Å². The van der Waals surface area contributed by atoms with Crippen LogP contribution in [0.5, 0.6) is 5.75 Å². The molecule has 0 saturated carbocycles. The number of benzene rings is 1. The Hall–Kier alpha value is -3.46. The van der Waals surface area contributed by atoms with Crippen molar-refractivity contribution in [3.8, 4) is 18.1 Å². The Balaban J connectivity index is 1.20. The zero-order valence-electron chi connectivity index (χ0n) is 38.1. The highest BCUT2D eigenvalue weighted by Gasteiger charge is 2.55. The van der Waals surface area contributed by atoms with E-state index in [1.54, 1.807) is 0 Å². The smallest absolute Gasteiger partial charge is 0.306 e. The Morgan fingerprint density at radius 1 is 0.648 bits per heavy atom. The maximum atomic E-state index is 14.4. The molecule has 0 bridgehead atoms. The lowest BCUT2D eigenvalue weighted by Gasteiger charge is -2.49. The Labute approximate surface area is 404 Å². The van der Waals surface area contributed by atoms with E-state index < -0.39 is 191 Å². The van der Waals surface area contributed by atoms with Crippen molar-refractivity contribution < 1.29 is 132 Å². The van der Waals surface area contributed by atoms with E-state index in [0.29, 0.717) is 6.61 Å². The van der Waals surface area contributed by atoms with E-state index >= 15 is 0 Å². The van der Waals surface area contributed by atoms with Gasteiger partial charge in [0.05, 0.1) is 50.9 Å². The Kier molecular flexibility index (Phi) is 22.4. The monoisotopic (exact) mass is 1030 g/mol. The van der Waals surface area contributed by atoms with Crippen molar-refractivity contribution in [1.29, 1.82) is 0 Å². The predicted molar refractivity (Wildman–Crippen MR) is 226 cm³/mol. The summed E-state index contributed by atoms with van der Waals surface area (Å²) >= 11 is 0. The third-order valence-corrected chi connectivity index (χ3v) is 11.9. The van der Waals surface area contributed by atoms with Crippen LogP contribution in [-0.4, -0.2) is 247 Å². The number of rotatable bonds is 23. The largest absolute Gasteiger partial charge is 0.463 e. The molecule has 14 N–H and O–H groups in total. The van der Waals surface area contributed by atoms with Crippen molar-refractivity contribution in [3.63, 3.8) is 0 Å². The highest BCUT2D eigenvalue weighted by Crippen LogP contribution is 2.37. The van der Waals surface area contributed by atoms with Crippen molar-refractivity contribution in [2.75, 3.05) is 51.6 Å². The number of anilines is 1. The Morgan fingerprint density at radius 3 is 1.58 bits per heavy atom. The minimum Gasteiger partial charge on any atom is -0.463 e. The van der Waals surface area contributed by atoms with Crippen molar-refractivity contribution >= 4 is 17.6 Å². The van der Waals surface area contributed by atoms with Crippen LogP contribution >= 0.6 is 0 Å². The predicted octanol–water partition coefficient (Wildman–Crippen LogP) is -5.79. The summed E-state index contributed by atoms with van der Waals surface area (Å²) < 4.78 is 83.6. The van der Waals surface area contributed by atoms with Gasteiger partial charge in [-0.3, -0.25) is 9.59 Å². The molecule has 1 amide bonds. The number of carbonyl (C=O) groups is 2. The van der Waals surface area contributed by atoms with Crippen LogP contribution < -0.4 is 10.1 Å². The number of terminal acetylenes is 1. The molecule has 0 aliphatic carbocycles. The van der Waals surface area contributed by atoms with Crippen LogP contribution in [0, 0.1) is 18.3 Å². The number of alkyl halides is 2. The van der Waals surface area contributed by atoms with Crippen LogP contribution in [0.1, 0.15) is 38.2 Å². The number of amides is 1. The molecular weight excluding hydrogens is 968 g/mol. The van der Waals surface area contributed by atoms with Gasteiger partial charge in [-0.1, -0.05) is 6.92 Å². The lowest BCUT2D eigenvalue weighted by Crippen LogP contribution is -2.67. The molecule has 4 aliphatic heterocycles. The third-order valence-electron chi connectivity index (χ3n) is 11.9. The normalized spacial score (nSPS) is 38.0. The molecule has 26 nitrogen and oxygen atoms in total. The van der Waals surface area contributed by atoms with Crippen LogP contribution in [0.4, 0.5) is 14.5 Å². The topological polar surface area (TPSA) is 401 Å². The first-order valence-corrected chi connectivity index (χ1v) is 22.5. The summed E-state index contributed by atoms with van der Waals surface area (Å²) in [4.78, 5) is 25.4. The van der Waals surface area contributed by atoms with Gasteiger partial charge in [0.25, 0.3) is 6.43 Å². The summed E-state index contributed by atoms with van der Waals surface area (Å²) in [5, 5.41) is 140. The molecule has 0 aromatic heterocycles. The van der Waals surface area contributed by atoms with Gasteiger partial charge in [0, 0.05) is 18.7 Å². The maximum Gasteiger partial charge on any atom is 0.306 e. The summed E-state index contributed by atoms with van der Waals surface area (Å²) in [5.74, 6) is -0.961. The lowest BCUT2D eigenvalue weighted by atomic mass is 9.95. The van der Waals surface area contributed by atoms with Crippen molar-refractivity contribution in [2.24, 2.45) is 5.92 Å². The molecule has 4 aliphatic rings. The van der Waals surface area contributed by atoms with E-state index in [9.17, 15) is 84.8 Å². The zero-order valence-corrected chi connectivity index (χ0v) is 38.1. The minimum absolute atomic E-state index is 0.0635. The number of carbonyl (C=O) groups excluding carboxylic acids is 2. The standard InChI is InChI=1S/C43H63F2NO25/c1-3-5-17(11-25(51)63-10-9-62-8-4-2)39(61)46-18-6-7-20(19(12-18)38(44)45)64-40-32(58)28(54)35(22(14-48)66-40)70-42-34(60)30(56)37(24(16-50)68-42)71-43-33(59)29(55)36(23(15-49)67-43)69-41-31(57)27(53)26(52)21(13-47)65-41/h1,6-7,12,17,21-24,26-38,40-43,47-50,52-60H,4-5,8-11,13-16H2,2H3,(H,46,61)/t17?,21?,22?,23?,24?,26-,27+,28-,29-,30-,31?,32?,33?,34?,35-,36-,37-,40-,41-,42-,43-/m1/s1. The second-order valence-corrected chi connectivity index (χ2v) is 16.9. The number of nitrogens with one attached hydrogen (secondary N) is 1. The Morgan fingerprint density at radius 2 is 1.11 bits per heavy atom. The van der Waals surface area contributed by atoms with Gasteiger partial charge in [0.1, 0.15) is 110 Å². The molecule has 21 atom stereocenters. The van der Waals surface area contributed by atoms with Gasteiger partial charge in [0.15, 0.2) is 18.9 Å². The molecule has 1 aromatic carbocycles. The van der Waals surface area contributed by atoms with Gasteiger partial charge in [-0.05, 0) is 24.6 Å². The highest BCUT2D eigenvalue weighted by molar-refractivity contribution is 5.95. The van der Waals surface area contributed by atoms with Crippen molar-refractivity contribution in [2.45, 2.75) is 155 Å². The SMILES string of the molecule is C#CCC(CC(=O)OCCOCCC)C(=O)Nc1ccc(O[C@@H]2OC(CO)[C@@H](O[C@H]3OC(CO)[C@@H](O[C@H]4OC(CO)[C@@H](O[C@H]5OC(CO)[C@@H](O)[C@H](O)C5O)[C@H](O)C4O)[C@H](O)C3O)[C@H](O)C2O)c(C(F)F)c1. The summed E-state index contributed by atoms with van der Waals surface area (Å²) in [6.45, 7) is -1.37. The summed E-state index contributed by atoms with van der Waals surface area (Å²) in [6, 6.07) is 2.96. The van der Waals surface area contributed by atoms with Gasteiger partial charge in [-0.25, -0.2) is 8.78 Å². The van der Waals surface area contributed by atoms with Gasteiger partial charge in [-0.15, -0.1) is 12.3 Å².